The van der Waals surface area contributed by atoms with E-state index in [4.69, 9.17) is 16.9 Å². The van der Waals surface area contributed by atoms with Gasteiger partial charge in [0.05, 0.1) is 12.5 Å². The highest BCUT2D eigenvalue weighted by molar-refractivity contribution is 6.28. The van der Waals surface area contributed by atoms with E-state index >= 15 is 0 Å². The van der Waals surface area contributed by atoms with E-state index < -0.39 is 0 Å². The van der Waals surface area contributed by atoms with Gasteiger partial charge in [-0.05, 0) is 36.2 Å². The monoisotopic (exact) mass is 258 g/mol. The first-order chi connectivity index (χ1) is 8.69. The van der Waals surface area contributed by atoms with Crippen LogP contribution in [0.5, 0.6) is 0 Å². The molecule has 0 radical (unpaired) electrons. The molecule has 2 aromatic rings. The second-order valence-corrected chi connectivity index (χ2v) is 4.17. The zero-order valence-corrected chi connectivity index (χ0v) is 10.6. The Hall–Kier alpha value is -2.12. The van der Waals surface area contributed by atoms with Crippen molar-refractivity contribution in [3.8, 4) is 6.07 Å². The molecule has 0 fully saturated rings. The number of nitrogens with zero attached hydrogens (tertiary/aromatic N) is 3. The lowest BCUT2D eigenvalue weighted by Crippen LogP contribution is -1.98. The minimum Gasteiger partial charge on any atom is -0.340 e. The number of rotatable bonds is 3. The van der Waals surface area contributed by atoms with E-state index in [1.807, 2.05) is 31.2 Å². The maximum atomic E-state index is 8.59. The number of hydrogen-bond acceptors (Lipinski definition) is 4. The normalized spacial score (nSPS) is 9.83. The first-order valence-corrected chi connectivity index (χ1v) is 5.79. The zero-order valence-electron chi connectivity index (χ0n) is 9.81. The number of halogens is 1. The quantitative estimate of drug-likeness (QED) is 0.859. The molecule has 0 aliphatic rings. The minimum atomic E-state index is 0.212. The van der Waals surface area contributed by atoms with Crippen molar-refractivity contribution >= 4 is 23.1 Å². The Balaban J connectivity index is 2.18. The van der Waals surface area contributed by atoms with E-state index in [-0.39, 0.29) is 5.28 Å². The summed E-state index contributed by atoms with van der Waals surface area (Å²) in [5, 5.41) is 12.0. The lowest BCUT2D eigenvalue weighted by atomic mass is 10.1. The highest BCUT2D eigenvalue weighted by atomic mass is 35.5. The Bertz CT molecular complexity index is 587. The van der Waals surface area contributed by atoms with Crippen molar-refractivity contribution in [2.75, 3.05) is 5.32 Å². The minimum absolute atomic E-state index is 0.212. The van der Waals surface area contributed by atoms with Crippen molar-refractivity contribution in [3.05, 3.63) is 46.9 Å². The Morgan fingerprint density at radius 2 is 2.06 bits per heavy atom. The highest BCUT2D eigenvalue weighted by Gasteiger charge is 2.03. The smallest absolute Gasteiger partial charge is 0.224 e. The van der Waals surface area contributed by atoms with Gasteiger partial charge < -0.3 is 5.32 Å². The third-order valence-electron chi connectivity index (χ3n) is 2.44. The SMILES string of the molecule is Cc1cnc(Cl)nc1Nc1ccc(CC#N)cc1. The number of nitrogens with one attached hydrogen (secondary N) is 1. The maximum absolute atomic E-state index is 8.59. The summed E-state index contributed by atoms with van der Waals surface area (Å²) in [5.74, 6) is 0.683. The average molecular weight is 259 g/mol. The van der Waals surface area contributed by atoms with Gasteiger partial charge in [-0.3, -0.25) is 0 Å². The van der Waals surface area contributed by atoms with Gasteiger partial charge in [-0.1, -0.05) is 12.1 Å². The van der Waals surface area contributed by atoms with Crippen LogP contribution in [0.25, 0.3) is 0 Å². The summed E-state index contributed by atoms with van der Waals surface area (Å²) in [4.78, 5) is 8.02. The molecule has 1 heterocycles. The van der Waals surface area contributed by atoms with Crippen LogP contribution in [0.2, 0.25) is 5.28 Å². The molecule has 4 nitrogen and oxygen atoms in total. The number of anilines is 2. The van der Waals surface area contributed by atoms with Crippen LogP contribution in [0.1, 0.15) is 11.1 Å². The topological polar surface area (TPSA) is 61.6 Å². The standard InChI is InChI=1S/C13H11ClN4/c1-9-8-16-13(14)18-12(9)17-11-4-2-10(3-5-11)6-7-15/h2-5,8H,6H2,1H3,(H,16,17,18). The van der Waals surface area contributed by atoms with Crippen LogP contribution >= 0.6 is 11.6 Å². The number of aryl methyl sites for hydroxylation is 1. The summed E-state index contributed by atoms with van der Waals surface area (Å²) in [6, 6.07) is 9.73. The fraction of sp³-hybridized carbons (Fsp3) is 0.154. The third-order valence-corrected chi connectivity index (χ3v) is 2.62. The molecule has 0 saturated carbocycles. The van der Waals surface area contributed by atoms with Crippen LogP contribution in [0.3, 0.4) is 0 Å². The van der Waals surface area contributed by atoms with E-state index in [0.717, 1.165) is 16.8 Å². The maximum Gasteiger partial charge on any atom is 0.224 e. The van der Waals surface area contributed by atoms with Crippen molar-refractivity contribution in [3.63, 3.8) is 0 Å². The van der Waals surface area contributed by atoms with Gasteiger partial charge in [0.25, 0.3) is 0 Å². The number of benzene rings is 1. The fourth-order valence-corrected chi connectivity index (χ4v) is 1.61. The van der Waals surface area contributed by atoms with Crippen LogP contribution < -0.4 is 5.32 Å². The molecular formula is C13H11ClN4. The van der Waals surface area contributed by atoms with Gasteiger partial charge in [0.2, 0.25) is 5.28 Å². The number of nitriles is 1. The Morgan fingerprint density at radius 3 is 2.72 bits per heavy atom. The van der Waals surface area contributed by atoms with Crippen LogP contribution in [-0.4, -0.2) is 9.97 Å². The number of hydrogen-bond donors (Lipinski definition) is 1. The fourth-order valence-electron chi connectivity index (χ4n) is 1.48. The van der Waals surface area contributed by atoms with Gasteiger partial charge in [-0.2, -0.15) is 5.26 Å². The Labute approximate surface area is 110 Å². The predicted molar refractivity (Wildman–Crippen MR) is 70.8 cm³/mol. The molecule has 0 unspecified atom stereocenters. The second-order valence-electron chi connectivity index (χ2n) is 3.83. The molecule has 0 amide bonds. The summed E-state index contributed by atoms with van der Waals surface area (Å²) >= 11 is 5.75. The van der Waals surface area contributed by atoms with Gasteiger partial charge in [0, 0.05) is 17.4 Å². The Morgan fingerprint density at radius 1 is 1.33 bits per heavy atom. The number of aromatic nitrogens is 2. The molecule has 0 bridgehead atoms. The van der Waals surface area contributed by atoms with Crippen molar-refractivity contribution in [2.24, 2.45) is 0 Å². The predicted octanol–water partition coefficient (Wildman–Crippen LogP) is 3.25. The van der Waals surface area contributed by atoms with Gasteiger partial charge in [0.1, 0.15) is 5.82 Å². The van der Waals surface area contributed by atoms with Crippen LogP contribution in [0.4, 0.5) is 11.5 Å². The molecule has 5 heteroatoms. The van der Waals surface area contributed by atoms with E-state index in [1.54, 1.807) is 6.20 Å². The van der Waals surface area contributed by atoms with Crippen molar-refractivity contribution in [1.82, 2.24) is 9.97 Å². The van der Waals surface area contributed by atoms with Crippen LogP contribution in [0.15, 0.2) is 30.5 Å². The highest BCUT2D eigenvalue weighted by Crippen LogP contribution is 2.19. The lowest BCUT2D eigenvalue weighted by molar-refractivity contribution is 1.13. The summed E-state index contributed by atoms with van der Waals surface area (Å²) in [5.41, 5.74) is 2.80. The van der Waals surface area contributed by atoms with Gasteiger partial charge in [-0.15, -0.1) is 0 Å². The molecule has 0 saturated heterocycles. The molecular weight excluding hydrogens is 248 g/mol. The van der Waals surface area contributed by atoms with Crippen molar-refractivity contribution in [1.29, 1.82) is 5.26 Å². The van der Waals surface area contributed by atoms with Gasteiger partial charge in [0.15, 0.2) is 0 Å². The van der Waals surface area contributed by atoms with Crippen molar-refractivity contribution < 1.29 is 0 Å². The van der Waals surface area contributed by atoms with E-state index in [9.17, 15) is 0 Å². The molecule has 1 N–H and O–H groups in total. The first-order valence-electron chi connectivity index (χ1n) is 5.41. The van der Waals surface area contributed by atoms with E-state index in [2.05, 4.69) is 21.4 Å². The Kier molecular flexibility index (Phi) is 3.75. The molecule has 0 spiro atoms. The van der Waals surface area contributed by atoms with Gasteiger partial charge >= 0.3 is 0 Å². The molecule has 18 heavy (non-hydrogen) atoms. The summed E-state index contributed by atoms with van der Waals surface area (Å²) < 4.78 is 0. The molecule has 2 rings (SSSR count). The third kappa shape index (κ3) is 2.96. The molecule has 1 aromatic heterocycles. The van der Waals surface area contributed by atoms with Crippen LogP contribution in [0, 0.1) is 18.3 Å². The first kappa shape index (κ1) is 12.3. The zero-order chi connectivity index (χ0) is 13.0. The largest absolute Gasteiger partial charge is 0.340 e. The van der Waals surface area contributed by atoms with E-state index in [0.29, 0.717) is 12.2 Å². The lowest BCUT2D eigenvalue weighted by Gasteiger charge is -2.08. The molecule has 0 aliphatic heterocycles. The molecule has 0 aliphatic carbocycles. The van der Waals surface area contributed by atoms with Gasteiger partial charge in [-0.25, -0.2) is 9.97 Å². The molecule has 1 aromatic carbocycles. The van der Waals surface area contributed by atoms with Crippen LogP contribution in [-0.2, 0) is 6.42 Å². The van der Waals surface area contributed by atoms with E-state index in [1.165, 1.54) is 0 Å². The van der Waals surface area contributed by atoms with Crippen molar-refractivity contribution in [2.45, 2.75) is 13.3 Å². The summed E-state index contributed by atoms with van der Waals surface area (Å²) in [6.07, 6.45) is 2.08. The summed E-state index contributed by atoms with van der Waals surface area (Å²) in [7, 11) is 0. The molecule has 90 valence electrons. The molecule has 0 atom stereocenters. The summed E-state index contributed by atoms with van der Waals surface area (Å²) in [6.45, 7) is 1.91. The second kappa shape index (κ2) is 5.48. The average Bonchev–Trinajstić information content (AvgIpc) is 2.37.